The Labute approximate surface area is 139 Å². The van der Waals surface area contributed by atoms with Crippen LogP contribution < -0.4 is 0 Å². The predicted molar refractivity (Wildman–Crippen MR) is 108 cm³/mol. The Morgan fingerprint density at radius 3 is 0.684 bits per heavy atom. The molecule has 0 rings (SSSR count). The molecule has 0 aromatic heterocycles. The van der Waals surface area contributed by atoms with Crippen molar-refractivity contribution >= 4 is 55.5 Å². The Balaban J connectivity index is 5.43. The van der Waals surface area contributed by atoms with Crippen LogP contribution in [0.3, 0.4) is 0 Å². The first-order chi connectivity index (χ1) is 7.97. The molecule has 0 atom stereocenters. The minimum absolute atomic E-state index is 0.529. The summed E-state index contributed by atoms with van der Waals surface area (Å²) in [7, 11) is -3.80. The zero-order chi connectivity index (χ0) is 15.9. The Morgan fingerprint density at radius 1 is 0.421 bits per heavy atom. The van der Waals surface area contributed by atoms with Gasteiger partial charge in [-0.05, 0) is 0 Å². The molecule has 19 heavy (non-hydrogen) atoms. The fraction of sp³-hybridized carbons (Fsp3) is 1.00. The van der Waals surface area contributed by atoms with E-state index in [2.05, 4.69) is 78.6 Å². The molecule has 0 nitrogen and oxygen atoms in total. The van der Waals surface area contributed by atoms with Crippen molar-refractivity contribution in [2.45, 2.75) is 84.3 Å². The second-order valence-corrected chi connectivity index (χ2v) is 47.7. The van der Waals surface area contributed by atoms with E-state index in [1.165, 1.54) is 5.74 Å². The summed E-state index contributed by atoms with van der Waals surface area (Å²) in [6.07, 6.45) is 0. The molecule has 0 aliphatic rings. The summed E-state index contributed by atoms with van der Waals surface area (Å²) in [5, 5.41) is 0. The molecule has 0 saturated heterocycles. The van der Waals surface area contributed by atoms with Crippen molar-refractivity contribution in [2.24, 2.45) is 0 Å². The second-order valence-electron chi connectivity index (χ2n) is 10.5. The van der Waals surface area contributed by atoms with Gasteiger partial charge in [0.25, 0.3) is 0 Å². The molecule has 0 radical (unpaired) electrons. The van der Waals surface area contributed by atoms with Crippen molar-refractivity contribution in [1.29, 1.82) is 0 Å². The van der Waals surface area contributed by atoms with Crippen LogP contribution in [0, 0.1) is 0 Å². The summed E-state index contributed by atoms with van der Waals surface area (Å²) in [5.41, 5.74) is 0. The van der Waals surface area contributed by atoms with Crippen LogP contribution in [0.1, 0.15) is 0 Å². The van der Waals surface area contributed by atoms with Crippen molar-refractivity contribution < 1.29 is 0 Å². The van der Waals surface area contributed by atoms with E-state index in [1.54, 1.807) is 0 Å². The van der Waals surface area contributed by atoms with Gasteiger partial charge in [0.15, 0.2) is 0 Å². The van der Waals surface area contributed by atoms with Crippen LogP contribution in [0.5, 0.6) is 0 Å². The van der Waals surface area contributed by atoms with Crippen molar-refractivity contribution in [1.82, 2.24) is 0 Å². The molecular weight excluding hydrogens is 489 g/mol. The summed E-state index contributed by atoms with van der Waals surface area (Å²) < 4.78 is 2.56. The third-order valence-corrected chi connectivity index (χ3v) is 70.0. The fourth-order valence-electron chi connectivity index (χ4n) is 3.76. The fourth-order valence-corrected chi connectivity index (χ4v) is 62.9. The van der Waals surface area contributed by atoms with Gasteiger partial charge in [0, 0.05) is 0 Å². The van der Waals surface area contributed by atoms with Crippen molar-refractivity contribution in [3.63, 3.8) is 0 Å². The van der Waals surface area contributed by atoms with E-state index in [-0.39, 0.29) is 0 Å². The minimum atomic E-state index is -0.950. The van der Waals surface area contributed by atoms with Crippen LogP contribution in [0.25, 0.3) is 0 Å². The average Bonchev–Trinajstić information content (AvgIpc) is 1.91. The molecule has 0 heterocycles. The summed E-state index contributed by atoms with van der Waals surface area (Å²) in [5.74, 6) is 0. The third kappa shape index (κ3) is 7.03. The molecule has 0 fully saturated rings. The summed E-state index contributed by atoms with van der Waals surface area (Å²) in [6, 6.07) is 0. The molecule has 0 spiro atoms. The van der Waals surface area contributed by atoms with Gasteiger partial charge in [0.1, 0.15) is 0 Å². The van der Waals surface area contributed by atoms with Crippen molar-refractivity contribution in [2.75, 3.05) is 0 Å². The van der Waals surface area contributed by atoms with Gasteiger partial charge in [0.05, 0.1) is 0 Å². The van der Waals surface area contributed by atoms with Gasteiger partial charge in [-0.2, -0.15) is 0 Å². The van der Waals surface area contributed by atoms with Crippen molar-refractivity contribution in [3.8, 4) is 0 Å². The van der Waals surface area contributed by atoms with Gasteiger partial charge < -0.3 is 0 Å². The molecule has 0 aromatic carbocycles. The molecule has 0 aliphatic heterocycles. The van der Waals surface area contributed by atoms with Gasteiger partial charge >= 0.3 is 140 Å². The second kappa shape index (κ2) is 6.47. The van der Waals surface area contributed by atoms with Crippen LogP contribution in [0.2, 0.25) is 84.3 Å². The van der Waals surface area contributed by atoms with E-state index in [4.69, 9.17) is 0 Å². The topological polar surface area (TPSA) is 0 Å². The van der Waals surface area contributed by atoms with Gasteiger partial charge in [-0.3, -0.25) is 0 Å². The van der Waals surface area contributed by atoms with Gasteiger partial charge in [0.2, 0.25) is 0 Å². The third-order valence-electron chi connectivity index (χ3n) is 3.80. The zero-order valence-electron chi connectivity index (χ0n) is 15.7. The van der Waals surface area contributed by atoms with Crippen LogP contribution in [-0.4, -0.2) is 55.5 Å². The number of hydrogen-bond donors (Lipinski definition) is 0. The Bertz CT molecular complexity index is 231. The van der Waals surface area contributed by atoms with Crippen LogP contribution in [-0.2, 0) is 0 Å². The average molecular weight is 529 g/mol. The molecule has 5 heteroatoms. The SMILES string of the molecule is C[Si](C)(C)[CH]([BiH][CH]([Si](C)(C)C)[Si](C)(C)C)[Si](C)(C)C. The van der Waals surface area contributed by atoms with E-state index in [0.717, 1.165) is 0 Å². The molecule has 0 N–H and O–H groups in total. The number of hydrogen-bond acceptors (Lipinski definition) is 0. The predicted octanol–water partition coefficient (Wildman–Crippen LogP) is 5.51. The van der Waals surface area contributed by atoms with Gasteiger partial charge in [-0.15, -0.1) is 0 Å². The standard InChI is InChI=1S/2C7H19Si2.Bi.H/c2*1-8(2,3)7-9(4,5)6;;/h2*7H,1-6H3;;. The maximum atomic E-state index is 2.66. The number of rotatable bonds is 6. The van der Waals surface area contributed by atoms with Crippen molar-refractivity contribution in [3.05, 3.63) is 0 Å². The first kappa shape index (κ1) is 20.8. The van der Waals surface area contributed by atoms with E-state index in [9.17, 15) is 0 Å². The Hall–Kier alpha value is 1.75. The molecule has 0 aromatic rings. The molecule has 0 saturated carbocycles. The van der Waals surface area contributed by atoms with E-state index < -0.39 is 55.5 Å². The molecular formula is C14H39BiSi4. The molecule has 0 amide bonds. The molecule has 116 valence electrons. The van der Waals surface area contributed by atoms with E-state index in [0.29, 0.717) is 0 Å². The summed E-state index contributed by atoms with van der Waals surface area (Å²) >= 11 is -0.529. The molecule has 0 aliphatic carbocycles. The van der Waals surface area contributed by atoms with E-state index in [1.807, 2.05) is 0 Å². The van der Waals surface area contributed by atoms with Crippen LogP contribution in [0.15, 0.2) is 0 Å². The quantitative estimate of drug-likeness (QED) is 0.399. The summed E-state index contributed by atoms with van der Waals surface area (Å²) in [6.45, 7) is 31.9. The molecule has 0 bridgehead atoms. The Morgan fingerprint density at radius 2 is 0.579 bits per heavy atom. The Kier molecular flexibility index (Phi) is 7.07. The maximum absolute atomic E-state index is 2.66. The van der Waals surface area contributed by atoms with Gasteiger partial charge in [-0.25, -0.2) is 0 Å². The van der Waals surface area contributed by atoms with E-state index >= 15 is 0 Å². The zero-order valence-corrected chi connectivity index (χ0v) is 23.5. The monoisotopic (exact) mass is 528 g/mol. The normalized spacial score (nSPS) is 15.5. The first-order valence-electron chi connectivity index (χ1n) is 7.73. The first-order valence-corrected chi connectivity index (χ1v) is 26.5. The van der Waals surface area contributed by atoms with Crippen LogP contribution in [0.4, 0.5) is 0 Å². The van der Waals surface area contributed by atoms with Crippen LogP contribution >= 0.6 is 0 Å². The summed E-state index contributed by atoms with van der Waals surface area (Å²) in [4.78, 5) is 0. The molecule has 0 unspecified atom stereocenters. The van der Waals surface area contributed by atoms with Gasteiger partial charge in [-0.1, -0.05) is 0 Å².